The Bertz CT molecular complexity index is 1010. The first-order valence-corrected chi connectivity index (χ1v) is 9.36. The van der Waals surface area contributed by atoms with Gasteiger partial charge in [-0.05, 0) is 29.2 Å². The fraction of sp³-hybridized carbons (Fsp3) is 0.364. The second-order valence-corrected chi connectivity index (χ2v) is 8.20. The number of carbonyl (C=O) groups is 2. The van der Waals surface area contributed by atoms with Gasteiger partial charge in [0.15, 0.2) is 0 Å². The minimum atomic E-state index is -3.16. The van der Waals surface area contributed by atoms with Gasteiger partial charge < -0.3 is 10.0 Å². The summed E-state index contributed by atoms with van der Waals surface area (Å²) in [7, 11) is 0. The number of halogens is 3. The van der Waals surface area contributed by atoms with Gasteiger partial charge in [0.2, 0.25) is 5.91 Å². The van der Waals surface area contributed by atoms with Crippen molar-refractivity contribution >= 4 is 11.9 Å². The molecule has 0 radical (unpaired) electrons. The summed E-state index contributed by atoms with van der Waals surface area (Å²) in [6, 6.07) is 9.67. The number of hydrogen-bond donors (Lipinski definition) is 1. The number of likely N-dealkylation sites (tertiary alicyclic amines) is 1. The molecule has 0 spiro atoms. The van der Waals surface area contributed by atoms with E-state index in [1.165, 1.54) is 12.1 Å². The van der Waals surface area contributed by atoms with E-state index < -0.39 is 35.9 Å². The Morgan fingerprint density at radius 1 is 1.14 bits per heavy atom. The van der Waals surface area contributed by atoms with E-state index in [1.807, 2.05) is 0 Å². The number of carbonyl (C=O) groups excluding carboxylic acids is 1. The third-order valence-electron chi connectivity index (χ3n) is 5.88. The van der Waals surface area contributed by atoms with Gasteiger partial charge in [-0.15, -0.1) is 0 Å². The fourth-order valence-corrected chi connectivity index (χ4v) is 4.35. The van der Waals surface area contributed by atoms with Crippen LogP contribution in [0.1, 0.15) is 30.0 Å². The molecule has 7 heteroatoms. The molecule has 1 N–H and O–H groups in total. The van der Waals surface area contributed by atoms with E-state index in [0.717, 1.165) is 4.90 Å². The molecule has 2 aliphatic rings. The number of rotatable bonds is 4. The first-order valence-electron chi connectivity index (χ1n) is 9.36. The maximum atomic E-state index is 14.8. The van der Waals surface area contributed by atoms with E-state index in [1.54, 1.807) is 37.3 Å². The normalized spacial score (nSPS) is 24.3. The largest absolute Gasteiger partial charge is 0.480 e. The lowest BCUT2D eigenvalue weighted by atomic mass is 9.90. The highest BCUT2D eigenvalue weighted by Gasteiger charge is 2.47. The first kappa shape index (κ1) is 19.5. The first-order chi connectivity index (χ1) is 13.7. The number of carboxylic acid groups (broad SMARTS) is 1. The molecule has 1 heterocycles. The van der Waals surface area contributed by atoms with Crippen LogP contribution in [0.15, 0.2) is 42.5 Å². The molecule has 1 fully saturated rings. The molecule has 4 rings (SSSR count). The summed E-state index contributed by atoms with van der Waals surface area (Å²) in [5.41, 5.74) is 0.132. The maximum absolute atomic E-state index is 14.8. The molecule has 0 saturated carbocycles. The Labute approximate surface area is 165 Å². The van der Waals surface area contributed by atoms with Crippen molar-refractivity contribution in [3.8, 4) is 11.1 Å². The molecular formula is C22H20F3NO3. The monoisotopic (exact) mass is 403 g/mol. The molecule has 0 aromatic heterocycles. The highest BCUT2D eigenvalue weighted by molar-refractivity contribution is 5.86. The van der Waals surface area contributed by atoms with Crippen LogP contribution in [0.25, 0.3) is 11.1 Å². The van der Waals surface area contributed by atoms with Crippen LogP contribution in [-0.4, -0.2) is 41.1 Å². The fourth-order valence-electron chi connectivity index (χ4n) is 4.35. The Hall–Kier alpha value is -2.83. The molecule has 2 aromatic carbocycles. The summed E-state index contributed by atoms with van der Waals surface area (Å²) in [6.45, 7) is 0.860. The summed E-state index contributed by atoms with van der Waals surface area (Å²) < 4.78 is 43.0. The Morgan fingerprint density at radius 3 is 2.52 bits per heavy atom. The van der Waals surface area contributed by atoms with Gasteiger partial charge in [-0.2, -0.15) is 8.78 Å². The molecular weight excluding hydrogens is 383 g/mol. The van der Waals surface area contributed by atoms with Crippen LogP contribution < -0.4 is 0 Å². The van der Waals surface area contributed by atoms with Gasteiger partial charge in [-0.3, -0.25) is 9.18 Å². The summed E-state index contributed by atoms with van der Waals surface area (Å²) in [5.74, 6) is -4.85. The number of fused-ring (bicyclic) bond motifs is 3. The zero-order valence-corrected chi connectivity index (χ0v) is 15.8. The molecule has 4 nitrogen and oxygen atoms in total. The zero-order chi connectivity index (χ0) is 21.0. The lowest BCUT2D eigenvalue weighted by Gasteiger charge is -2.23. The van der Waals surface area contributed by atoms with Crippen molar-refractivity contribution in [3.63, 3.8) is 0 Å². The van der Waals surface area contributed by atoms with Gasteiger partial charge in [0, 0.05) is 23.1 Å². The van der Waals surface area contributed by atoms with Crippen LogP contribution in [0, 0.1) is 5.41 Å². The van der Waals surface area contributed by atoms with Crippen LogP contribution >= 0.6 is 0 Å². The number of amides is 1. The number of nitrogens with zero attached hydrogens (tertiary/aromatic N) is 1. The number of benzene rings is 2. The van der Waals surface area contributed by atoms with Gasteiger partial charge in [0.05, 0.1) is 13.1 Å². The molecule has 0 bridgehead atoms. The van der Waals surface area contributed by atoms with E-state index >= 15 is 0 Å². The van der Waals surface area contributed by atoms with E-state index in [9.17, 15) is 27.9 Å². The topological polar surface area (TPSA) is 57.6 Å². The summed E-state index contributed by atoms with van der Waals surface area (Å²) >= 11 is 0. The second kappa shape index (κ2) is 6.61. The third-order valence-corrected chi connectivity index (χ3v) is 5.88. The molecule has 2 aromatic rings. The van der Waals surface area contributed by atoms with Crippen molar-refractivity contribution in [2.24, 2.45) is 5.41 Å². The van der Waals surface area contributed by atoms with Gasteiger partial charge in [0.25, 0.3) is 5.92 Å². The molecule has 1 aliphatic carbocycles. The van der Waals surface area contributed by atoms with Crippen molar-refractivity contribution < 1.29 is 27.9 Å². The molecule has 29 heavy (non-hydrogen) atoms. The SMILES string of the molecule is C[C@]1(CF)CC(C(=O)O)N(C(=O)Cc2ccc3c(c2)C(F)(F)c2ccccc2-3)C1. The number of aliphatic carboxylic acids is 1. The Kier molecular flexibility index (Phi) is 4.44. The van der Waals surface area contributed by atoms with Crippen molar-refractivity contribution in [1.82, 2.24) is 4.90 Å². The summed E-state index contributed by atoms with van der Waals surface area (Å²) in [5, 5.41) is 9.41. The second-order valence-electron chi connectivity index (χ2n) is 8.20. The van der Waals surface area contributed by atoms with E-state index in [4.69, 9.17) is 0 Å². The lowest BCUT2D eigenvalue weighted by Crippen LogP contribution is -2.41. The molecule has 2 atom stereocenters. The van der Waals surface area contributed by atoms with Crippen molar-refractivity contribution in [2.45, 2.75) is 31.7 Å². The minimum Gasteiger partial charge on any atom is -0.480 e. The molecule has 1 aliphatic heterocycles. The van der Waals surface area contributed by atoms with Crippen LogP contribution in [0.5, 0.6) is 0 Å². The predicted octanol–water partition coefficient (Wildman–Crippen LogP) is 4.01. The van der Waals surface area contributed by atoms with E-state index in [0.29, 0.717) is 16.7 Å². The molecule has 1 unspecified atom stereocenters. The summed E-state index contributed by atoms with van der Waals surface area (Å²) in [6.07, 6.45) is -0.187. The van der Waals surface area contributed by atoms with Crippen LogP contribution in [0.2, 0.25) is 0 Å². The maximum Gasteiger partial charge on any atom is 0.326 e. The van der Waals surface area contributed by atoms with Gasteiger partial charge in [-0.25, -0.2) is 4.79 Å². The minimum absolute atomic E-state index is 0.00809. The van der Waals surface area contributed by atoms with Crippen LogP contribution in [-0.2, 0) is 21.9 Å². The van der Waals surface area contributed by atoms with E-state index in [-0.39, 0.29) is 30.5 Å². The zero-order valence-electron chi connectivity index (χ0n) is 15.8. The highest BCUT2D eigenvalue weighted by Crippen LogP contribution is 2.51. The van der Waals surface area contributed by atoms with Crippen molar-refractivity contribution in [2.75, 3.05) is 13.2 Å². The van der Waals surface area contributed by atoms with Gasteiger partial charge in [-0.1, -0.05) is 43.3 Å². The quantitative estimate of drug-likeness (QED) is 0.839. The van der Waals surface area contributed by atoms with Crippen molar-refractivity contribution in [3.05, 3.63) is 59.2 Å². The van der Waals surface area contributed by atoms with Gasteiger partial charge in [0.1, 0.15) is 6.04 Å². The third kappa shape index (κ3) is 3.09. The number of carboxylic acids is 1. The smallest absolute Gasteiger partial charge is 0.326 e. The van der Waals surface area contributed by atoms with Crippen LogP contribution in [0.3, 0.4) is 0 Å². The van der Waals surface area contributed by atoms with Crippen LogP contribution in [0.4, 0.5) is 13.2 Å². The average molecular weight is 403 g/mol. The number of hydrogen-bond acceptors (Lipinski definition) is 2. The Balaban J connectivity index is 1.61. The predicted molar refractivity (Wildman–Crippen MR) is 100 cm³/mol. The number of alkyl halides is 3. The lowest BCUT2D eigenvalue weighted by molar-refractivity contribution is -0.148. The summed E-state index contributed by atoms with van der Waals surface area (Å²) in [4.78, 5) is 25.4. The van der Waals surface area contributed by atoms with E-state index in [2.05, 4.69) is 0 Å². The molecule has 1 saturated heterocycles. The highest BCUT2D eigenvalue weighted by atomic mass is 19.3. The average Bonchev–Trinajstić information content (AvgIpc) is 3.16. The standard InChI is InChI=1S/C22H20F3NO3/c1-21(11-23)10-18(20(28)29)26(12-21)19(27)9-13-6-7-15-14-4-2-3-5-16(14)22(24,25)17(15)8-13/h2-8,18H,9-12H2,1H3,(H,28,29)/t18?,21-/m1/s1. The molecule has 1 amide bonds. The van der Waals surface area contributed by atoms with Crippen molar-refractivity contribution in [1.29, 1.82) is 0 Å². The molecule has 152 valence electrons. The van der Waals surface area contributed by atoms with Gasteiger partial charge >= 0.3 is 5.97 Å². The Morgan fingerprint density at radius 2 is 1.83 bits per heavy atom.